The second-order valence-corrected chi connectivity index (χ2v) is 8.08. The van der Waals surface area contributed by atoms with Gasteiger partial charge in [-0.1, -0.05) is 28.4 Å². The highest BCUT2D eigenvalue weighted by molar-refractivity contribution is 7.89. The molecule has 0 bridgehead atoms. The average Bonchev–Trinajstić information content (AvgIpc) is 2.96. The van der Waals surface area contributed by atoms with Gasteiger partial charge >= 0.3 is 6.18 Å². The molecule has 5 nitrogen and oxygen atoms in total. The van der Waals surface area contributed by atoms with Crippen LogP contribution in [-0.4, -0.2) is 13.6 Å². The number of nitrogens with two attached hydrogens (primary N) is 1. The van der Waals surface area contributed by atoms with Crippen molar-refractivity contribution >= 4 is 33.2 Å². The molecule has 0 atom stereocenters. The van der Waals surface area contributed by atoms with Crippen LogP contribution >= 0.6 is 23.2 Å². The smallest absolute Gasteiger partial charge is 0.350 e. The predicted molar refractivity (Wildman–Crippen MR) is 93.7 cm³/mol. The SMILES string of the molecule is NS(=O)(=O)c1c(F)cc(-c2c(-c3cc(Cl)cc(Cl)c3)noc2C(F)(F)F)cc1F. The first-order valence-electron chi connectivity index (χ1n) is 7.34. The monoisotopic (exact) mass is 472 g/mol. The van der Waals surface area contributed by atoms with Gasteiger partial charge in [-0.3, -0.25) is 0 Å². The summed E-state index contributed by atoms with van der Waals surface area (Å²) in [5, 5.41) is 8.18. The van der Waals surface area contributed by atoms with Crippen LogP contribution in [0, 0.1) is 11.6 Å². The molecule has 0 aliphatic rings. The van der Waals surface area contributed by atoms with E-state index in [0.717, 1.165) is 0 Å². The lowest BCUT2D eigenvalue weighted by atomic mass is 9.98. The van der Waals surface area contributed by atoms with Crippen LogP contribution in [0.25, 0.3) is 22.4 Å². The Morgan fingerprint density at radius 2 is 1.45 bits per heavy atom. The molecule has 0 unspecified atom stereocenters. The molecule has 0 amide bonds. The highest BCUT2D eigenvalue weighted by Gasteiger charge is 2.41. The van der Waals surface area contributed by atoms with E-state index in [4.69, 9.17) is 28.3 Å². The third kappa shape index (κ3) is 4.22. The molecule has 0 radical (unpaired) electrons. The van der Waals surface area contributed by atoms with Gasteiger partial charge in [-0.2, -0.15) is 13.2 Å². The molecular weight excluding hydrogens is 466 g/mol. The number of benzene rings is 2. The van der Waals surface area contributed by atoms with E-state index in [9.17, 15) is 30.4 Å². The topological polar surface area (TPSA) is 86.2 Å². The standard InChI is InChI=1S/C16H7Cl2F5N2O3S/c17-8-1-7(2-9(18)5-8)13-12(15(28-25-13)16(21,22)23)6-3-10(19)14(11(20)4-6)29(24,26)27/h1-5H,(H2,24,26,27). The van der Waals surface area contributed by atoms with Crippen LogP contribution < -0.4 is 5.14 Å². The molecule has 3 aromatic rings. The van der Waals surface area contributed by atoms with Crippen molar-refractivity contribution in [3.05, 3.63) is 57.8 Å². The summed E-state index contributed by atoms with van der Waals surface area (Å²) in [5.74, 6) is -5.04. The number of hydrogen-bond acceptors (Lipinski definition) is 4. The number of aromatic nitrogens is 1. The first-order chi connectivity index (χ1) is 13.3. The average molecular weight is 473 g/mol. The summed E-state index contributed by atoms with van der Waals surface area (Å²) in [6.07, 6.45) is -5.09. The van der Waals surface area contributed by atoms with Crippen molar-refractivity contribution in [1.29, 1.82) is 0 Å². The van der Waals surface area contributed by atoms with Gasteiger partial charge in [0.05, 0.1) is 5.56 Å². The van der Waals surface area contributed by atoms with Crippen molar-refractivity contribution in [2.45, 2.75) is 11.1 Å². The van der Waals surface area contributed by atoms with Gasteiger partial charge in [0, 0.05) is 15.6 Å². The second-order valence-electron chi connectivity index (χ2n) is 5.71. The van der Waals surface area contributed by atoms with E-state index in [-0.39, 0.29) is 15.6 Å². The molecule has 0 saturated heterocycles. The van der Waals surface area contributed by atoms with E-state index in [0.29, 0.717) is 12.1 Å². The summed E-state index contributed by atoms with van der Waals surface area (Å²) >= 11 is 11.7. The van der Waals surface area contributed by atoms with E-state index in [2.05, 4.69) is 9.68 Å². The van der Waals surface area contributed by atoms with Crippen LogP contribution in [-0.2, 0) is 16.2 Å². The van der Waals surface area contributed by atoms with Crippen LogP contribution in [0.1, 0.15) is 5.76 Å². The minimum atomic E-state index is -5.09. The van der Waals surface area contributed by atoms with Crippen molar-refractivity contribution in [2.75, 3.05) is 0 Å². The first kappa shape index (κ1) is 21.5. The zero-order valence-electron chi connectivity index (χ0n) is 13.7. The molecule has 0 spiro atoms. The maximum atomic E-state index is 14.2. The Balaban J connectivity index is 2.35. The number of alkyl halides is 3. The van der Waals surface area contributed by atoms with E-state index in [1.54, 1.807) is 0 Å². The van der Waals surface area contributed by atoms with Gasteiger partial charge in [0.25, 0.3) is 0 Å². The second kappa shape index (κ2) is 7.24. The Morgan fingerprint density at radius 1 is 0.931 bits per heavy atom. The lowest BCUT2D eigenvalue weighted by Crippen LogP contribution is -2.16. The Bertz CT molecular complexity index is 1180. The van der Waals surface area contributed by atoms with Gasteiger partial charge in [-0.05, 0) is 35.9 Å². The quantitative estimate of drug-likeness (QED) is 0.526. The fourth-order valence-corrected chi connectivity index (χ4v) is 3.80. The Hall–Kier alpha value is -2.21. The third-order valence-electron chi connectivity index (χ3n) is 3.66. The molecule has 29 heavy (non-hydrogen) atoms. The molecule has 3 rings (SSSR count). The van der Waals surface area contributed by atoms with Crippen LogP contribution in [0.15, 0.2) is 39.8 Å². The Labute approximate surface area is 169 Å². The normalized spacial score (nSPS) is 12.4. The number of halogens is 7. The molecular formula is C16H7Cl2F5N2O3S. The van der Waals surface area contributed by atoms with Gasteiger partial charge in [-0.15, -0.1) is 0 Å². The molecule has 0 saturated carbocycles. The summed E-state index contributed by atoms with van der Waals surface area (Å²) in [6, 6.07) is 4.47. The fourth-order valence-electron chi connectivity index (χ4n) is 2.62. The van der Waals surface area contributed by atoms with Crippen molar-refractivity contribution in [1.82, 2.24) is 5.16 Å². The molecule has 2 N–H and O–H groups in total. The Morgan fingerprint density at radius 3 is 1.90 bits per heavy atom. The summed E-state index contributed by atoms with van der Waals surface area (Å²) in [7, 11) is -4.81. The molecule has 1 aromatic heterocycles. The van der Waals surface area contributed by atoms with Crippen molar-refractivity contribution in [3.63, 3.8) is 0 Å². The highest BCUT2D eigenvalue weighted by Crippen LogP contribution is 2.44. The maximum absolute atomic E-state index is 14.2. The molecule has 0 aliphatic heterocycles. The summed E-state index contributed by atoms with van der Waals surface area (Å²) in [5.41, 5.74) is -2.03. The molecule has 13 heteroatoms. The van der Waals surface area contributed by atoms with E-state index < -0.39 is 55.3 Å². The van der Waals surface area contributed by atoms with Crippen LogP contribution in [0.4, 0.5) is 22.0 Å². The predicted octanol–water partition coefficient (Wildman–Crippen LogP) is 5.26. The zero-order valence-corrected chi connectivity index (χ0v) is 16.0. The summed E-state index contributed by atoms with van der Waals surface area (Å²) in [6.45, 7) is 0. The first-order valence-corrected chi connectivity index (χ1v) is 9.65. The highest BCUT2D eigenvalue weighted by atomic mass is 35.5. The van der Waals surface area contributed by atoms with Crippen LogP contribution in [0.2, 0.25) is 10.0 Å². The number of rotatable bonds is 3. The molecule has 0 fully saturated rings. The number of hydrogen-bond donors (Lipinski definition) is 1. The van der Waals surface area contributed by atoms with Crippen molar-refractivity contribution in [3.8, 4) is 22.4 Å². The maximum Gasteiger partial charge on any atom is 0.453 e. The number of sulfonamides is 1. The van der Waals surface area contributed by atoms with Gasteiger partial charge < -0.3 is 4.52 Å². The molecule has 154 valence electrons. The van der Waals surface area contributed by atoms with E-state index in [1.165, 1.54) is 18.2 Å². The van der Waals surface area contributed by atoms with Gasteiger partial charge in [0.15, 0.2) is 4.90 Å². The van der Waals surface area contributed by atoms with Gasteiger partial charge in [-0.25, -0.2) is 22.3 Å². The van der Waals surface area contributed by atoms with E-state index >= 15 is 0 Å². The van der Waals surface area contributed by atoms with E-state index in [1.807, 2.05) is 0 Å². The van der Waals surface area contributed by atoms with Crippen LogP contribution in [0.5, 0.6) is 0 Å². The fraction of sp³-hybridized carbons (Fsp3) is 0.0625. The summed E-state index contributed by atoms with van der Waals surface area (Å²) < 4.78 is 95.7. The lowest BCUT2D eigenvalue weighted by Gasteiger charge is -2.10. The Kier molecular flexibility index (Phi) is 5.37. The lowest BCUT2D eigenvalue weighted by molar-refractivity contribution is -0.154. The number of primary sulfonamides is 1. The largest absolute Gasteiger partial charge is 0.453 e. The van der Waals surface area contributed by atoms with Gasteiger partial charge in [0.1, 0.15) is 17.3 Å². The minimum Gasteiger partial charge on any atom is -0.350 e. The molecule has 2 aromatic carbocycles. The van der Waals surface area contributed by atoms with Gasteiger partial charge in [0.2, 0.25) is 15.8 Å². The molecule has 1 heterocycles. The number of nitrogens with zero attached hydrogens (tertiary/aromatic N) is 1. The van der Waals surface area contributed by atoms with Crippen molar-refractivity contribution < 1.29 is 34.9 Å². The van der Waals surface area contributed by atoms with Crippen molar-refractivity contribution in [2.24, 2.45) is 5.14 Å². The zero-order chi connectivity index (χ0) is 21.7. The summed E-state index contributed by atoms with van der Waals surface area (Å²) in [4.78, 5) is -1.49. The van der Waals surface area contributed by atoms with Crippen LogP contribution in [0.3, 0.4) is 0 Å². The molecule has 0 aliphatic carbocycles. The third-order valence-corrected chi connectivity index (χ3v) is 5.05. The minimum absolute atomic E-state index is 0.0342.